The van der Waals surface area contributed by atoms with Crippen molar-refractivity contribution < 1.29 is 19.5 Å². The van der Waals surface area contributed by atoms with Crippen LogP contribution >= 0.6 is 0 Å². The fourth-order valence-electron chi connectivity index (χ4n) is 2.59. The third kappa shape index (κ3) is 4.53. The lowest BCUT2D eigenvalue weighted by atomic mass is 10.1. The fraction of sp³-hybridized carbons (Fsp3) is 0.438. The van der Waals surface area contributed by atoms with Crippen LogP contribution in [0.1, 0.15) is 17.5 Å². The number of carbonyl (C=O) groups is 3. The molecule has 3 N–H and O–H groups in total. The van der Waals surface area contributed by atoms with Gasteiger partial charge in [0.2, 0.25) is 5.91 Å². The Morgan fingerprint density at radius 2 is 2.04 bits per heavy atom. The summed E-state index contributed by atoms with van der Waals surface area (Å²) in [5, 5.41) is 13.9. The number of aliphatic carboxylic acids is 1. The number of carboxylic acid groups (broad SMARTS) is 1. The van der Waals surface area contributed by atoms with Crippen molar-refractivity contribution in [1.82, 2.24) is 10.2 Å². The second kappa shape index (κ2) is 7.23. The molecule has 23 heavy (non-hydrogen) atoms. The summed E-state index contributed by atoms with van der Waals surface area (Å²) < 4.78 is 0. The lowest BCUT2D eigenvalue weighted by Gasteiger charge is -2.15. The standard InChI is InChI=1S/C16H21N3O4/c1-10-4-3-5-13(11(10)2)17-16(23)18-14(20)9-19-7-6-12(8-19)15(21)22/h3-5,12H,6-9H2,1-2H3,(H,21,22)(H2,17,18,20,23). The molecule has 124 valence electrons. The van der Waals surface area contributed by atoms with Gasteiger partial charge >= 0.3 is 12.0 Å². The number of imide groups is 1. The molecule has 1 atom stereocenters. The molecule has 0 bridgehead atoms. The molecule has 1 unspecified atom stereocenters. The number of hydrogen-bond acceptors (Lipinski definition) is 4. The summed E-state index contributed by atoms with van der Waals surface area (Å²) in [6.07, 6.45) is 0.525. The molecule has 1 saturated heterocycles. The fourth-order valence-corrected chi connectivity index (χ4v) is 2.59. The van der Waals surface area contributed by atoms with Crippen LogP contribution in [-0.4, -0.2) is 47.5 Å². The number of amides is 3. The van der Waals surface area contributed by atoms with E-state index in [0.717, 1.165) is 11.1 Å². The molecule has 0 aliphatic carbocycles. The molecule has 1 heterocycles. The van der Waals surface area contributed by atoms with E-state index in [0.29, 0.717) is 25.2 Å². The molecule has 1 aliphatic heterocycles. The maximum atomic E-state index is 11.9. The van der Waals surface area contributed by atoms with Crippen molar-refractivity contribution in [3.05, 3.63) is 29.3 Å². The number of likely N-dealkylation sites (tertiary alicyclic amines) is 1. The molecule has 2 rings (SSSR count). The number of carbonyl (C=O) groups excluding carboxylic acids is 2. The van der Waals surface area contributed by atoms with Crippen LogP contribution in [0, 0.1) is 19.8 Å². The molecular weight excluding hydrogens is 298 g/mol. The van der Waals surface area contributed by atoms with E-state index in [1.54, 1.807) is 11.0 Å². The van der Waals surface area contributed by atoms with Gasteiger partial charge in [0.05, 0.1) is 12.5 Å². The molecular formula is C16H21N3O4. The average molecular weight is 319 g/mol. The van der Waals surface area contributed by atoms with Gasteiger partial charge in [0.25, 0.3) is 0 Å². The van der Waals surface area contributed by atoms with Crippen LogP contribution in [0.5, 0.6) is 0 Å². The predicted molar refractivity (Wildman–Crippen MR) is 85.3 cm³/mol. The molecule has 7 heteroatoms. The van der Waals surface area contributed by atoms with Crippen molar-refractivity contribution in [3.8, 4) is 0 Å². The number of carboxylic acids is 1. The van der Waals surface area contributed by atoms with Crippen LogP contribution < -0.4 is 10.6 Å². The summed E-state index contributed by atoms with van der Waals surface area (Å²) in [5.74, 6) is -1.73. The minimum Gasteiger partial charge on any atom is -0.481 e. The summed E-state index contributed by atoms with van der Waals surface area (Å²) in [5.41, 5.74) is 2.65. The Morgan fingerprint density at radius 1 is 1.30 bits per heavy atom. The zero-order valence-corrected chi connectivity index (χ0v) is 13.3. The number of aryl methyl sites for hydroxylation is 1. The maximum absolute atomic E-state index is 11.9. The van der Waals surface area contributed by atoms with Gasteiger partial charge in [-0.3, -0.25) is 19.8 Å². The van der Waals surface area contributed by atoms with Crippen molar-refractivity contribution >= 4 is 23.6 Å². The van der Waals surface area contributed by atoms with Gasteiger partial charge in [0.1, 0.15) is 0 Å². The number of rotatable bonds is 4. The van der Waals surface area contributed by atoms with E-state index >= 15 is 0 Å². The molecule has 1 aromatic carbocycles. The molecule has 1 fully saturated rings. The highest BCUT2D eigenvalue weighted by atomic mass is 16.4. The smallest absolute Gasteiger partial charge is 0.325 e. The number of anilines is 1. The van der Waals surface area contributed by atoms with Gasteiger partial charge in [-0.1, -0.05) is 12.1 Å². The molecule has 0 radical (unpaired) electrons. The summed E-state index contributed by atoms with van der Waals surface area (Å²) in [6, 6.07) is 4.95. The van der Waals surface area contributed by atoms with Crippen LogP contribution in [0.3, 0.4) is 0 Å². The summed E-state index contributed by atoms with van der Waals surface area (Å²) in [4.78, 5) is 36.4. The predicted octanol–water partition coefficient (Wildman–Crippen LogP) is 1.36. The monoisotopic (exact) mass is 319 g/mol. The Labute approximate surface area is 134 Å². The number of nitrogens with one attached hydrogen (secondary N) is 2. The molecule has 1 aliphatic rings. The highest BCUT2D eigenvalue weighted by Gasteiger charge is 2.29. The van der Waals surface area contributed by atoms with Crippen LogP contribution in [0.4, 0.5) is 10.5 Å². The van der Waals surface area contributed by atoms with Crippen molar-refractivity contribution in [3.63, 3.8) is 0 Å². The van der Waals surface area contributed by atoms with Crippen molar-refractivity contribution in [2.75, 3.05) is 25.0 Å². The second-order valence-corrected chi connectivity index (χ2v) is 5.81. The maximum Gasteiger partial charge on any atom is 0.325 e. The lowest BCUT2D eigenvalue weighted by molar-refractivity contribution is -0.141. The second-order valence-electron chi connectivity index (χ2n) is 5.81. The quantitative estimate of drug-likeness (QED) is 0.778. The van der Waals surface area contributed by atoms with E-state index < -0.39 is 23.8 Å². The summed E-state index contributed by atoms with van der Waals surface area (Å²) in [7, 11) is 0. The van der Waals surface area contributed by atoms with E-state index in [-0.39, 0.29) is 6.54 Å². The minimum atomic E-state index is -0.847. The van der Waals surface area contributed by atoms with Gasteiger partial charge in [-0.05, 0) is 44.0 Å². The van der Waals surface area contributed by atoms with Crippen molar-refractivity contribution in [2.45, 2.75) is 20.3 Å². The molecule has 0 aromatic heterocycles. The zero-order valence-electron chi connectivity index (χ0n) is 13.3. The number of nitrogens with zero attached hydrogens (tertiary/aromatic N) is 1. The largest absolute Gasteiger partial charge is 0.481 e. The van der Waals surface area contributed by atoms with E-state index in [1.807, 2.05) is 26.0 Å². The van der Waals surface area contributed by atoms with Gasteiger partial charge in [0.15, 0.2) is 0 Å². The summed E-state index contributed by atoms with van der Waals surface area (Å²) >= 11 is 0. The van der Waals surface area contributed by atoms with Gasteiger partial charge in [-0.15, -0.1) is 0 Å². The number of urea groups is 1. The Bertz CT molecular complexity index is 630. The Morgan fingerprint density at radius 3 is 2.70 bits per heavy atom. The first kappa shape index (κ1) is 17.0. The first-order valence-corrected chi connectivity index (χ1v) is 7.49. The lowest BCUT2D eigenvalue weighted by Crippen LogP contribution is -2.41. The third-order valence-corrected chi connectivity index (χ3v) is 4.09. The normalized spacial score (nSPS) is 17.7. The van der Waals surface area contributed by atoms with Gasteiger partial charge < -0.3 is 10.4 Å². The van der Waals surface area contributed by atoms with E-state index in [1.165, 1.54) is 0 Å². The van der Waals surface area contributed by atoms with E-state index in [4.69, 9.17) is 5.11 Å². The van der Waals surface area contributed by atoms with Gasteiger partial charge in [-0.2, -0.15) is 0 Å². The van der Waals surface area contributed by atoms with Crippen LogP contribution in [0.2, 0.25) is 0 Å². The Balaban J connectivity index is 1.82. The van der Waals surface area contributed by atoms with Crippen molar-refractivity contribution in [1.29, 1.82) is 0 Å². The van der Waals surface area contributed by atoms with E-state index in [2.05, 4.69) is 10.6 Å². The molecule has 3 amide bonds. The number of hydrogen-bond donors (Lipinski definition) is 3. The molecule has 7 nitrogen and oxygen atoms in total. The molecule has 0 spiro atoms. The topological polar surface area (TPSA) is 98.7 Å². The van der Waals surface area contributed by atoms with Crippen LogP contribution in [0.25, 0.3) is 0 Å². The average Bonchev–Trinajstić information content (AvgIpc) is 2.92. The molecule has 0 saturated carbocycles. The first-order chi connectivity index (χ1) is 10.9. The summed E-state index contributed by atoms with van der Waals surface area (Å²) in [6.45, 7) is 4.73. The SMILES string of the molecule is Cc1cccc(NC(=O)NC(=O)CN2CCC(C(=O)O)C2)c1C. The third-order valence-electron chi connectivity index (χ3n) is 4.09. The highest BCUT2D eigenvalue weighted by molar-refractivity contribution is 6.02. The van der Waals surface area contributed by atoms with Gasteiger partial charge in [0, 0.05) is 12.2 Å². The zero-order chi connectivity index (χ0) is 17.0. The molecule has 1 aromatic rings. The van der Waals surface area contributed by atoms with Crippen LogP contribution in [-0.2, 0) is 9.59 Å². The van der Waals surface area contributed by atoms with Gasteiger partial charge in [-0.25, -0.2) is 4.79 Å². The first-order valence-electron chi connectivity index (χ1n) is 7.49. The van der Waals surface area contributed by atoms with E-state index in [9.17, 15) is 14.4 Å². The Kier molecular flexibility index (Phi) is 5.33. The minimum absolute atomic E-state index is 0.0179. The number of benzene rings is 1. The van der Waals surface area contributed by atoms with Crippen molar-refractivity contribution in [2.24, 2.45) is 5.92 Å². The Hall–Kier alpha value is -2.41. The highest BCUT2D eigenvalue weighted by Crippen LogP contribution is 2.18. The van der Waals surface area contributed by atoms with Crippen LogP contribution in [0.15, 0.2) is 18.2 Å².